The highest BCUT2D eigenvalue weighted by atomic mass is 16.3. The Morgan fingerprint density at radius 2 is 2.00 bits per heavy atom. The third kappa shape index (κ3) is 5.57. The Bertz CT molecular complexity index is 576. The topological polar surface area (TPSA) is 85.2 Å². The number of nitriles is 1. The van der Waals surface area contributed by atoms with Crippen LogP contribution in [0.2, 0.25) is 0 Å². The largest absolute Gasteiger partial charge is 0.392 e. The van der Waals surface area contributed by atoms with E-state index in [1.807, 2.05) is 40.7 Å². The molecule has 126 valence electrons. The van der Waals surface area contributed by atoms with Crippen molar-refractivity contribution in [2.45, 2.75) is 46.8 Å². The Hall–Kier alpha value is -2.06. The van der Waals surface area contributed by atoms with E-state index in [1.165, 1.54) is 0 Å². The minimum atomic E-state index is -0.493. The van der Waals surface area contributed by atoms with Crippen molar-refractivity contribution in [3.63, 3.8) is 0 Å². The van der Waals surface area contributed by atoms with E-state index in [0.717, 1.165) is 5.56 Å². The molecule has 0 aliphatic rings. The molecule has 0 radical (unpaired) electrons. The SMILES string of the molecule is CC(NC(=O)NCC(C)(C)C(O)C(C)C)c1cccc(C#N)c1. The number of nitrogens with one attached hydrogen (secondary N) is 2. The summed E-state index contributed by atoms with van der Waals surface area (Å²) in [6, 6.07) is 8.75. The van der Waals surface area contributed by atoms with E-state index in [1.54, 1.807) is 18.2 Å². The monoisotopic (exact) mass is 317 g/mol. The molecule has 1 aromatic carbocycles. The van der Waals surface area contributed by atoms with Gasteiger partial charge in [-0.25, -0.2) is 4.79 Å². The number of urea groups is 1. The molecular weight excluding hydrogens is 290 g/mol. The van der Waals surface area contributed by atoms with Crippen LogP contribution in [0, 0.1) is 22.7 Å². The van der Waals surface area contributed by atoms with E-state index >= 15 is 0 Å². The van der Waals surface area contributed by atoms with Gasteiger partial charge in [-0.15, -0.1) is 0 Å². The molecule has 0 aromatic heterocycles. The van der Waals surface area contributed by atoms with Crippen LogP contribution in [0.15, 0.2) is 24.3 Å². The van der Waals surface area contributed by atoms with E-state index in [9.17, 15) is 9.90 Å². The molecule has 0 spiro atoms. The van der Waals surface area contributed by atoms with Gasteiger partial charge in [-0.1, -0.05) is 39.8 Å². The van der Waals surface area contributed by atoms with Gasteiger partial charge in [0.25, 0.3) is 0 Å². The Morgan fingerprint density at radius 3 is 2.57 bits per heavy atom. The molecule has 23 heavy (non-hydrogen) atoms. The second-order valence-corrected chi connectivity index (χ2v) is 6.96. The van der Waals surface area contributed by atoms with Crippen LogP contribution in [0.3, 0.4) is 0 Å². The lowest BCUT2D eigenvalue weighted by Crippen LogP contribution is -2.46. The summed E-state index contributed by atoms with van der Waals surface area (Å²) in [6.45, 7) is 10.0. The second kappa shape index (κ2) is 7.98. The number of hydrogen-bond acceptors (Lipinski definition) is 3. The quantitative estimate of drug-likeness (QED) is 0.754. The predicted molar refractivity (Wildman–Crippen MR) is 90.7 cm³/mol. The first-order chi connectivity index (χ1) is 10.7. The Balaban J connectivity index is 2.58. The summed E-state index contributed by atoms with van der Waals surface area (Å²) in [7, 11) is 0. The van der Waals surface area contributed by atoms with E-state index < -0.39 is 11.5 Å². The lowest BCUT2D eigenvalue weighted by Gasteiger charge is -2.33. The van der Waals surface area contributed by atoms with Gasteiger partial charge in [0.2, 0.25) is 0 Å². The lowest BCUT2D eigenvalue weighted by atomic mass is 9.81. The van der Waals surface area contributed by atoms with Crippen LogP contribution < -0.4 is 10.6 Å². The molecule has 5 nitrogen and oxygen atoms in total. The van der Waals surface area contributed by atoms with Crippen molar-refractivity contribution in [1.29, 1.82) is 5.26 Å². The lowest BCUT2D eigenvalue weighted by molar-refractivity contribution is 0.0151. The average molecular weight is 317 g/mol. The van der Waals surface area contributed by atoms with Crippen LogP contribution >= 0.6 is 0 Å². The molecule has 0 bridgehead atoms. The summed E-state index contributed by atoms with van der Waals surface area (Å²) in [5.74, 6) is 0.127. The van der Waals surface area contributed by atoms with Gasteiger partial charge in [0.1, 0.15) is 0 Å². The maximum Gasteiger partial charge on any atom is 0.315 e. The zero-order chi connectivity index (χ0) is 17.6. The van der Waals surface area contributed by atoms with E-state index in [-0.39, 0.29) is 18.0 Å². The molecule has 2 unspecified atom stereocenters. The van der Waals surface area contributed by atoms with Crippen LogP contribution in [0.1, 0.15) is 51.8 Å². The molecule has 0 saturated heterocycles. The molecular formula is C18H27N3O2. The van der Waals surface area contributed by atoms with Crippen LogP contribution in [0.5, 0.6) is 0 Å². The minimum Gasteiger partial charge on any atom is -0.392 e. The van der Waals surface area contributed by atoms with Gasteiger partial charge in [0.05, 0.1) is 23.8 Å². The van der Waals surface area contributed by atoms with Crippen molar-refractivity contribution < 1.29 is 9.90 Å². The number of hydrogen-bond donors (Lipinski definition) is 3. The maximum absolute atomic E-state index is 12.1. The van der Waals surface area contributed by atoms with Crippen molar-refractivity contribution in [1.82, 2.24) is 10.6 Å². The summed E-state index contributed by atoms with van der Waals surface area (Å²) in [5.41, 5.74) is 1.04. The predicted octanol–water partition coefficient (Wildman–Crippen LogP) is 2.96. The molecule has 0 heterocycles. The molecule has 0 fully saturated rings. The molecule has 1 rings (SSSR count). The summed E-state index contributed by atoms with van der Waals surface area (Å²) in [6.07, 6.45) is -0.493. The highest BCUT2D eigenvalue weighted by Crippen LogP contribution is 2.25. The first-order valence-electron chi connectivity index (χ1n) is 7.90. The Kier molecular flexibility index (Phi) is 6.59. The van der Waals surface area contributed by atoms with E-state index in [0.29, 0.717) is 12.1 Å². The van der Waals surface area contributed by atoms with Gasteiger partial charge >= 0.3 is 6.03 Å². The molecule has 2 atom stereocenters. The number of aliphatic hydroxyl groups excluding tert-OH is 1. The summed E-state index contributed by atoms with van der Waals surface area (Å²) >= 11 is 0. The van der Waals surface area contributed by atoms with E-state index in [4.69, 9.17) is 5.26 Å². The van der Waals surface area contributed by atoms with Gasteiger partial charge in [-0.3, -0.25) is 0 Å². The van der Waals surface area contributed by atoms with Gasteiger partial charge < -0.3 is 15.7 Å². The summed E-state index contributed by atoms with van der Waals surface area (Å²) in [5, 5.41) is 24.8. The molecule has 3 N–H and O–H groups in total. The fourth-order valence-electron chi connectivity index (χ4n) is 2.52. The van der Waals surface area contributed by atoms with Crippen LogP contribution in [0.4, 0.5) is 4.79 Å². The van der Waals surface area contributed by atoms with Crippen LogP contribution in [-0.4, -0.2) is 23.8 Å². The Morgan fingerprint density at radius 1 is 1.35 bits per heavy atom. The number of carbonyl (C=O) groups excluding carboxylic acids is 1. The summed E-state index contributed by atoms with van der Waals surface area (Å²) < 4.78 is 0. The van der Waals surface area contributed by atoms with Crippen molar-refractivity contribution >= 4 is 6.03 Å². The molecule has 0 aliphatic heterocycles. The number of nitrogens with zero attached hydrogens (tertiary/aromatic N) is 1. The fourth-order valence-corrected chi connectivity index (χ4v) is 2.52. The van der Waals surface area contributed by atoms with Crippen molar-refractivity contribution in [2.75, 3.05) is 6.54 Å². The zero-order valence-electron chi connectivity index (χ0n) is 14.6. The third-order valence-corrected chi connectivity index (χ3v) is 4.00. The molecule has 2 amide bonds. The second-order valence-electron chi connectivity index (χ2n) is 6.96. The number of carbonyl (C=O) groups is 1. The number of rotatable bonds is 6. The minimum absolute atomic E-state index is 0.127. The van der Waals surface area contributed by atoms with Crippen molar-refractivity contribution in [2.24, 2.45) is 11.3 Å². The third-order valence-electron chi connectivity index (χ3n) is 4.00. The summed E-state index contributed by atoms with van der Waals surface area (Å²) in [4.78, 5) is 12.1. The van der Waals surface area contributed by atoms with Crippen LogP contribution in [0.25, 0.3) is 0 Å². The number of aliphatic hydroxyl groups is 1. The van der Waals surface area contributed by atoms with Crippen LogP contribution in [-0.2, 0) is 0 Å². The molecule has 5 heteroatoms. The average Bonchev–Trinajstić information content (AvgIpc) is 2.52. The highest BCUT2D eigenvalue weighted by molar-refractivity contribution is 5.74. The van der Waals surface area contributed by atoms with Gasteiger partial charge in [-0.2, -0.15) is 5.26 Å². The van der Waals surface area contributed by atoms with E-state index in [2.05, 4.69) is 16.7 Å². The highest BCUT2D eigenvalue weighted by Gasteiger charge is 2.30. The van der Waals surface area contributed by atoms with Gasteiger partial charge in [0.15, 0.2) is 0 Å². The van der Waals surface area contributed by atoms with Gasteiger partial charge in [0, 0.05) is 12.0 Å². The Labute approximate surface area is 138 Å². The first-order valence-corrected chi connectivity index (χ1v) is 7.90. The fraction of sp³-hybridized carbons (Fsp3) is 0.556. The number of amides is 2. The first kappa shape index (κ1) is 19.0. The number of benzene rings is 1. The standard InChI is InChI=1S/C18H27N3O2/c1-12(2)16(22)18(4,5)11-20-17(23)21-13(3)15-8-6-7-14(9-15)10-19/h6-9,12-13,16,22H,11H2,1-5H3,(H2,20,21,23). The molecule has 0 aliphatic carbocycles. The van der Waals surface area contributed by atoms with Crippen molar-refractivity contribution in [3.8, 4) is 6.07 Å². The zero-order valence-corrected chi connectivity index (χ0v) is 14.6. The smallest absolute Gasteiger partial charge is 0.315 e. The van der Waals surface area contributed by atoms with Crippen molar-refractivity contribution in [3.05, 3.63) is 35.4 Å². The van der Waals surface area contributed by atoms with Gasteiger partial charge in [-0.05, 0) is 30.5 Å². The maximum atomic E-state index is 12.1. The molecule has 0 saturated carbocycles. The normalized spacial score (nSPS) is 14.0. The molecule has 1 aromatic rings.